The first-order valence-electron chi connectivity index (χ1n) is 9.33. The number of thioether (sulfide) groups is 1. The number of carbonyl (C=O) groups excluding carboxylic acids is 2. The van der Waals surface area contributed by atoms with E-state index in [1.54, 1.807) is 7.11 Å². The lowest BCUT2D eigenvalue weighted by molar-refractivity contribution is -0.122. The second kappa shape index (κ2) is 8.37. The van der Waals surface area contributed by atoms with Crippen molar-refractivity contribution in [2.24, 2.45) is 0 Å². The van der Waals surface area contributed by atoms with E-state index in [4.69, 9.17) is 4.74 Å². The summed E-state index contributed by atoms with van der Waals surface area (Å²) < 4.78 is 7.20. The monoisotopic (exact) mass is 398 g/mol. The zero-order chi connectivity index (χ0) is 20.4. The first kappa shape index (κ1) is 20.4. The Labute approximate surface area is 170 Å². The molecule has 1 fully saturated rings. The van der Waals surface area contributed by atoms with E-state index in [9.17, 15) is 9.59 Å². The van der Waals surface area contributed by atoms with Crippen LogP contribution >= 0.6 is 11.8 Å². The zero-order valence-corrected chi connectivity index (χ0v) is 17.9. The molecule has 2 heterocycles. The lowest BCUT2D eigenvalue weighted by atomic mass is 10.1. The molecule has 1 aliphatic heterocycles. The number of rotatable bonds is 6. The van der Waals surface area contributed by atoms with E-state index in [0.717, 1.165) is 34.4 Å². The van der Waals surface area contributed by atoms with Gasteiger partial charge in [-0.1, -0.05) is 6.07 Å². The molecule has 1 aromatic carbocycles. The van der Waals surface area contributed by atoms with Gasteiger partial charge < -0.3 is 9.30 Å². The number of aryl methyl sites for hydroxylation is 3. The Kier molecular flexibility index (Phi) is 6.10. The van der Waals surface area contributed by atoms with Gasteiger partial charge in [-0.15, -0.1) is 0 Å². The van der Waals surface area contributed by atoms with Crippen LogP contribution in [0.5, 0.6) is 0 Å². The van der Waals surface area contributed by atoms with Crippen molar-refractivity contribution in [3.8, 4) is 5.69 Å². The highest BCUT2D eigenvalue weighted by Crippen LogP contribution is 2.34. The third kappa shape index (κ3) is 4.08. The molecule has 3 rings (SSSR count). The van der Waals surface area contributed by atoms with Crippen LogP contribution in [-0.2, 0) is 9.53 Å². The molecule has 0 radical (unpaired) electrons. The number of aromatic nitrogens is 1. The third-order valence-corrected chi connectivity index (χ3v) is 5.73. The van der Waals surface area contributed by atoms with Crippen molar-refractivity contribution in [3.05, 3.63) is 57.2 Å². The second-order valence-corrected chi connectivity index (χ2v) is 8.18. The lowest BCUT2D eigenvalue weighted by Gasteiger charge is -2.12. The Morgan fingerprint density at radius 3 is 2.36 bits per heavy atom. The fraction of sp³-hybridized carbons (Fsp3) is 0.364. The molecule has 1 aliphatic rings. The van der Waals surface area contributed by atoms with Crippen LogP contribution in [0.25, 0.3) is 11.8 Å². The minimum atomic E-state index is -0.220. The fourth-order valence-corrected chi connectivity index (χ4v) is 4.47. The van der Waals surface area contributed by atoms with Gasteiger partial charge in [0.25, 0.3) is 11.1 Å². The van der Waals surface area contributed by atoms with E-state index in [0.29, 0.717) is 24.5 Å². The van der Waals surface area contributed by atoms with Gasteiger partial charge in [0.15, 0.2) is 0 Å². The van der Waals surface area contributed by atoms with Crippen LogP contribution in [0.3, 0.4) is 0 Å². The van der Waals surface area contributed by atoms with Gasteiger partial charge in [-0.05, 0) is 86.8 Å². The van der Waals surface area contributed by atoms with E-state index in [2.05, 4.69) is 49.6 Å². The highest BCUT2D eigenvalue weighted by Gasteiger charge is 2.34. The van der Waals surface area contributed by atoms with Crippen molar-refractivity contribution in [1.29, 1.82) is 0 Å². The minimum Gasteiger partial charge on any atom is -0.385 e. The number of carbonyl (C=O) groups is 2. The van der Waals surface area contributed by atoms with Crippen molar-refractivity contribution < 1.29 is 14.3 Å². The number of ether oxygens (including phenoxy) is 1. The minimum absolute atomic E-state index is 0.213. The van der Waals surface area contributed by atoms with Crippen LogP contribution in [0, 0.1) is 27.7 Å². The van der Waals surface area contributed by atoms with Gasteiger partial charge >= 0.3 is 0 Å². The highest BCUT2D eigenvalue weighted by atomic mass is 32.2. The molecule has 148 valence electrons. The molecule has 1 saturated heterocycles. The molecule has 0 unspecified atom stereocenters. The summed E-state index contributed by atoms with van der Waals surface area (Å²) in [5.41, 5.74) is 6.63. The Morgan fingerprint density at radius 2 is 1.71 bits per heavy atom. The standard InChI is InChI=1S/C22H26N2O3S/c1-14-9-15(2)11-19(10-14)24-16(3)12-18(17(24)4)13-20-21(25)23(22(26)28-20)7-6-8-27-5/h9-13H,6-8H2,1-5H3/b20-13+. The smallest absolute Gasteiger partial charge is 0.293 e. The Balaban J connectivity index is 1.91. The molecule has 2 aromatic rings. The van der Waals surface area contributed by atoms with Crippen molar-refractivity contribution in [3.63, 3.8) is 0 Å². The molecule has 6 heteroatoms. The number of benzene rings is 1. The van der Waals surface area contributed by atoms with Gasteiger partial charge in [-0.3, -0.25) is 14.5 Å². The quantitative estimate of drug-likeness (QED) is 0.519. The molecule has 28 heavy (non-hydrogen) atoms. The van der Waals surface area contributed by atoms with Gasteiger partial charge in [-0.25, -0.2) is 0 Å². The summed E-state index contributed by atoms with van der Waals surface area (Å²) in [6.45, 7) is 9.18. The molecule has 5 nitrogen and oxygen atoms in total. The summed E-state index contributed by atoms with van der Waals surface area (Å²) in [4.78, 5) is 26.6. The molecule has 0 N–H and O–H groups in total. The molecule has 0 saturated carbocycles. The molecule has 0 spiro atoms. The Morgan fingerprint density at radius 1 is 1.04 bits per heavy atom. The number of hydrogen-bond acceptors (Lipinski definition) is 4. The summed E-state index contributed by atoms with van der Waals surface area (Å²) in [6, 6.07) is 8.52. The van der Waals surface area contributed by atoms with Crippen LogP contribution < -0.4 is 0 Å². The Bertz CT molecular complexity index is 939. The summed E-state index contributed by atoms with van der Waals surface area (Å²) in [7, 11) is 1.61. The first-order valence-corrected chi connectivity index (χ1v) is 10.2. The van der Waals surface area contributed by atoms with Crippen molar-refractivity contribution in [2.75, 3.05) is 20.3 Å². The maximum atomic E-state index is 12.6. The van der Waals surface area contributed by atoms with Gasteiger partial charge in [0, 0.05) is 37.3 Å². The molecule has 0 bridgehead atoms. The summed E-state index contributed by atoms with van der Waals surface area (Å²) >= 11 is 1.01. The van der Waals surface area contributed by atoms with E-state index in [1.807, 2.05) is 13.0 Å². The molecule has 0 aliphatic carbocycles. The van der Waals surface area contributed by atoms with Crippen LogP contribution in [-0.4, -0.2) is 40.9 Å². The highest BCUT2D eigenvalue weighted by molar-refractivity contribution is 8.18. The van der Waals surface area contributed by atoms with E-state index in [-0.39, 0.29) is 11.1 Å². The van der Waals surface area contributed by atoms with E-state index >= 15 is 0 Å². The zero-order valence-electron chi connectivity index (χ0n) is 17.0. The third-order valence-electron chi connectivity index (χ3n) is 4.83. The van der Waals surface area contributed by atoms with Crippen molar-refractivity contribution >= 4 is 29.0 Å². The molecular weight excluding hydrogens is 372 g/mol. The number of amides is 2. The number of nitrogens with zero attached hydrogens (tertiary/aromatic N) is 2. The van der Waals surface area contributed by atoms with Crippen LogP contribution in [0.1, 0.15) is 34.5 Å². The topological polar surface area (TPSA) is 51.5 Å². The van der Waals surface area contributed by atoms with Crippen LogP contribution in [0.2, 0.25) is 0 Å². The van der Waals surface area contributed by atoms with E-state index < -0.39 is 0 Å². The lowest BCUT2D eigenvalue weighted by Crippen LogP contribution is -2.29. The van der Waals surface area contributed by atoms with Crippen LogP contribution in [0.15, 0.2) is 29.2 Å². The molecular formula is C22H26N2O3S. The molecule has 1 aromatic heterocycles. The number of hydrogen-bond donors (Lipinski definition) is 0. The van der Waals surface area contributed by atoms with Gasteiger partial charge in [0.1, 0.15) is 0 Å². The molecule has 0 atom stereocenters. The molecule has 2 amide bonds. The van der Waals surface area contributed by atoms with Crippen LogP contribution in [0.4, 0.5) is 4.79 Å². The number of methoxy groups -OCH3 is 1. The average Bonchev–Trinajstić information content (AvgIpc) is 3.04. The largest absolute Gasteiger partial charge is 0.385 e. The predicted octanol–water partition coefficient (Wildman–Crippen LogP) is 4.78. The second-order valence-electron chi connectivity index (χ2n) is 7.19. The normalized spacial score (nSPS) is 15.9. The SMILES string of the molecule is COCCCN1C(=O)S/C(=C/c2cc(C)n(-c3cc(C)cc(C)c3)c2C)C1=O. The van der Waals surface area contributed by atoms with Gasteiger partial charge in [0.05, 0.1) is 4.91 Å². The number of imide groups is 1. The predicted molar refractivity (Wildman–Crippen MR) is 114 cm³/mol. The maximum absolute atomic E-state index is 12.6. The van der Waals surface area contributed by atoms with E-state index in [1.165, 1.54) is 16.0 Å². The summed E-state index contributed by atoms with van der Waals surface area (Å²) in [6.07, 6.45) is 2.48. The van der Waals surface area contributed by atoms with Crippen molar-refractivity contribution in [2.45, 2.75) is 34.1 Å². The average molecular weight is 399 g/mol. The van der Waals surface area contributed by atoms with Crippen molar-refractivity contribution in [1.82, 2.24) is 9.47 Å². The summed E-state index contributed by atoms with van der Waals surface area (Å²) in [5.74, 6) is -0.220. The fourth-order valence-electron chi connectivity index (χ4n) is 3.61. The first-order chi connectivity index (χ1) is 13.3. The maximum Gasteiger partial charge on any atom is 0.293 e. The Hall–Kier alpha value is -2.31. The van der Waals surface area contributed by atoms with Gasteiger partial charge in [-0.2, -0.15) is 0 Å². The summed E-state index contributed by atoms with van der Waals surface area (Å²) in [5, 5.41) is -0.213. The van der Waals surface area contributed by atoms with Gasteiger partial charge in [0.2, 0.25) is 0 Å².